The first-order valence-electron chi connectivity index (χ1n) is 10.3. The van der Waals surface area contributed by atoms with E-state index in [0.29, 0.717) is 49.5 Å². The number of nitrogens with one attached hydrogen (secondary N) is 1. The summed E-state index contributed by atoms with van der Waals surface area (Å²) in [6.07, 6.45) is 4.54. The number of carbonyl (C=O) groups excluding carboxylic acids is 1. The standard InChI is InChI=1S/C24H27FN4O2/c1-2-31-14-11-20-8-9-21(22(23(26)30)18-6-4-12-27-16-18)24(29-20)28-13-10-17-5-3-7-19(25)15-17/h3-9,12,15-16,22H,2,10-11,13-14H2,1H3,(H2,26,30)(H,28,29). The van der Waals surface area contributed by atoms with Gasteiger partial charge in [0.2, 0.25) is 5.91 Å². The summed E-state index contributed by atoms with van der Waals surface area (Å²) >= 11 is 0. The van der Waals surface area contributed by atoms with Crippen molar-refractivity contribution in [2.24, 2.45) is 5.73 Å². The minimum absolute atomic E-state index is 0.264. The zero-order valence-corrected chi connectivity index (χ0v) is 17.6. The van der Waals surface area contributed by atoms with Crippen LogP contribution < -0.4 is 11.1 Å². The highest BCUT2D eigenvalue weighted by atomic mass is 19.1. The summed E-state index contributed by atoms with van der Waals surface area (Å²) in [6.45, 7) is 3.67. The molecule has 31 heavy (non-hydrogen) atoms. The summed E-state index contributed by atoms with van der Waals surface area (Å²) in [5.41, 5.74) is 8.86. The molecule has 0 aliphatic carbocycles. The SMILES string of the molecule is CCOCCc1ccc(C(C(N)=O)c2cccnc2)c(NCCc2cccc(F)c2)n1. The first-order chi connectivity index (χ1) is 15.1. The van der Waals surface area contributed by atoms with Gasteiger partial charge < -0.3 is 15.8 Å². The van der Waals surface area contributed by atoms with Crippen molar-refractivity contribution < 1.29 is 13.9 Å². The number of nitrogens with two attached hydrogens (primary N) is 1. The number of nitrogens with zero attached hydrogens (tertiary/aromatic N) is 2. The summed E-state index contributed by atoms with van der Waals surface area (Å²) in [7, 11) is 0. The van der Waals surface area contributed by atoms with Crippen molar-refractivity contribution in [3.8, 4) is 0 Å². The molecule has 3 aromatic rings. The van der Waals surface area contributed by atoms with Crippen molar-refractivity contribution in [2.45, 2.75) is 25.7 Å². The van der Waals surface area contributed by atoms with Gasteiger partial charge in [-0.2, -0.15) is 0 Å². The normalized spacial score (nSPS) is 11.8. The number of amides is 1. The maximum absolute atomic E-state index is 13.5. The van der Waals surface area contributed by atoms with Gasteiger partial charge in [-0.05, 0) is 48.7 Å². The summed E-state index contributed by atoms with van der Waals surface area (Å²) in [5, 5.41) is 3.31. The fourth-order valence-corrected chi connectivity index (χ4v) is 3.41. The van der Waals surface area contributed by atoms with Crippen LogP contribution in [-0.4, -0.2) is 35.6 Å². The van der Waals surface area contributed by atoms with Gasteiger partial charge in [-0.1, -0.05) is 24.3 Å². The zero-order chi connectivity index (χ0) is 22.1. The Hall–Kier alpha value is -3.32. The summed E-state index contributed by atoms with van der Waals surface area (Å²) in [4.78, 5) is 21.2. The van der Waals surface area contributed by atoms with Crippen LogP contribution in [0.1, 0.15) is 35.2 Å². The second kappa shape index (κ2) is 11.2. The minimum atomic E-state index is -0.682. The van der Waals surface area contributed by atoms with E-state index in [1.807, 2.05) is 31.2 Å². The molecule has 0 aliphatic heterocycles. The highest BCUT2D eigenvalue weighted by Gasteiger charge is 2.24. The molecule has 0 aliphatic rings. The van der Waals surface area contributed by atoms with Gasteiger partial charge in [0, 0.05) is 43.2 Å². The molecule has 1 amide bonds. The van der Waals surface area contributed by atoms with Gasteiger partial charge in [0.25, 0.3) is 0 Å². The van der Waals surface area contributed by atoms with Crippen molar-refractivity contribution in [2.75, 3.05) is 25.1 Å². The molecule has 7 heteroatoms. The highest BCUT2D eigenvalue weighted by molar-refractivity contribution is 5.87. The van der Waals surface area contributed by atoms with Crippen LogP contribution in [0.3, 0.4) is 0 Å². The number of aromatic nitrogens is 2. The van der Waals surface area contributed by atoms with Crippen molar-refractivity contribution >= 4 is 11.7 Å². The molecule has 162 valence electrons. The first kappa shape index (κ1) is 22.4. The fourth-order valence-electron chi connectivity index (χ4n) is 3.41. The van der Waals surface area contributed by atoms with E-state index in [2.05, 4.69) is 10.3 Å². The number of primary amides is 1. The molecule has 1 atom stereocenters. The van der Waals surface area contributed by atoms with Crippen molar-refractivity contribution in [3.05, 3.63) is 89.1 Å². The number of benzene rings is 1. The molecular weight excluding hydrogens is 395 g/mol. The Morgan fingerprint density at radius 2 is 2.06 bits per heavy atom. The Kier molecular flexibility index (Phi) is 8.06. The summed E-state index contributed by atoms with van der Waals surface area (Å²) in [5.74, 6) is -0.846. The molecule has 2 heterocycles. The smallest absolute Gasteiger partial charge is 0.229 e. The number of anilines is 1. The van der Waals surface area contributed by atoms with Crippen LogP contribution in [0, 0.1) is 5.82 Å². The summed E-state index contributed by atoms with van der Waals surface area (Å²) in [6, 6.07) is 13.8. The Labute approximate surface area is 181 Å². The van der Waals surface area contributed by atoms with Gasteiger partial charge in [0.15, 0.2) is 0 Å². The van der Waals surface area contributed by atoms with Crippen LogP contribution in [0.15, 0.2) is 60.9 Å². The van der Waals surface area contributed by atoms with Gasteiger partial charge in [-0.25, -0.2) is 9.37 Å². The molecule has 0 bridgehead atoms. The summed E-state index contributed by atoms with van der Waals surface area (Å²) < 4.78 is 18.9. The first-order valence-corrected chi connectivity index (χ1v) is 10.3. The second-order valence-corrected chi connectivity index (χ2v) is 7.12. The van der Waals surface area contributed by atoms with E-state index in [4.69, 9.17) is 15.5 Å². The third-order valence-corrected chi connectivity index (χ3v) is 4.90. The van der Waals surface area contributed by atoms with Crippen LogP contribution in [0.5, 0.6) is 0 Å². The van der Waals surface area contributed by atoms with Crippen LogP contribution in [0.25, 0.3) is 0 Å². The largest absolute Gasteiger partial charge is 0.381 e. The molecule has 1 aromatic carbocycles. The van der Waals surface area contributed by atoms with E-state index in [-0.39, 0.29) is 5.82 Å². The maximum Gasteiger partial charge on any atom is 0.229 e. The maximum atomic E-state index is 13.5. The Balaban J connectivity index is 1.86. The van der Waals surface area contributed by atoms with E-state index < -0.39 is 11.8 Å². The van der Waals surface area contributed by atoms with Gasteiger partial charge >= 0.3 is 0 Å². The molecule has 0 radical (unpaired) electrons. The predicted octanol–water partition coefficient (Wildman–Crippen LogP) is 3.47. The van der Waals surface area contributed by atoms with E-state index in [1.54, 1.807) is 24.5 Å². The molecule has 0 spiro atoms. The van der Waals surface area contributed by atoms with E-state index in [9.17, 15) is 9.18 Å². The lowest BCUT2D eigenvalue weighted by Gasteiger charge is -2.19. The molecule has 2 aromatic heterocycles. The number of hydrogen-bond acceptors (Lipinski definition) is 5. The Morgan fingerprint density at radius 3 is 2.77 bits per heavy atom. The van der Waals surface area contributed by atoms with E-state index in [1.165, 1.54) is 12.1 Å². The predicted molar refractivity (Wildman–Crippen MR) is 118 cm³/mol. The van der Waals surface area contributed by atoms with Crippen molar-refractivity contribution in [1.82, 2.24) is 9.97 Å². The molecule has 3 N–H and O–H groups in total. The molecular formula is C24H27FN4O2. The molecule has 6 nitrogen and oxygen atoms in total. The number of halogens is 1. The minimum Gasteiger partial charge on any atom is -0.381 e. The zero-order valence-electron chi connectivity index (χ0n) is 17.6. The number of pyridine rings is 2. The molecule has 0 saturated carbocycles. The van der Waals surface area contributed by atoms with Crippen LogP contribution in [-0.2, 0) is 22.4 Å². The third kappa shape index (κ3) is 6.33. The van der Waals surface area contributed by atoms with Crippen LogP contribution >= 0.6 is 0 Å². The number of hydrogen-bond donors (Lipinski definition) is 2. The van der Waals surface area contributed by atoms with E-state index in [0.717, 1.165) is 11.3 Å². The Morgan fingerprint density at radius 1 is 1.19 bits per heavy atom. The van der Waals surface area contributed by atoms with Crippen LogP contribution in [0.4, 0.5) is 10.2 Å². The van der Waals surface area contributed by atoms with E-state index >= 15 is 0 Å². The average molecular weight is 423 g/mol. The number of carbonyl (C=O) groups is 1. The molecule has 3 rings (SSSR count). The highest BCUT2D eigenvalue weighted by Crippen LogP contribution is 2.29. The lowest BCUT2D eigenvalue weighted by Crippen LogP contribution is -2.24. The van der Waals surface area contributed by atoms with Crippen molar-refractivity contribution in [3.63, 3.8) is 0 Å². The fraction of sp³-hybridized carbons (Fsp3) is 0.292. The molecule has 0 fully saturated rings. The lowest BCUT2D eigenvalue weighted by atomic mass is 9.91. The van der Waals surface area contributed by atoms with Crippen molar-refractivity contribution in [1.29, 1.82) is 0 Å². The monoisotopic (exact) mass is 422 g/mol. The number of ether oxygens (including phenoxy) is 1. The van der Waals surface area contributed by atoms with Gasteiger partial charge in [0.1, 0.15) is 11.6 Å². The second-order valence-electron chi connectivity index (χ2n) is 7.12. The van der Waals surface area contributed by atoms with Gasteiger partial charge in [-0.3, -0.25) is 9.78 Å². The van der Waals surface area contributed by atoms with Gasteiger partial charge in [0.05, 0.1) is 12.5 Å². The third-order valence-electron chi connectivity index (χ3n) is 4.90. The molecule has 1 unspecified atom stereocenters. The number of rotatable bonds is 11. The van der Waals surface area contributed by atoms with Crippen LogP contribution in [0.2, 0.25) is 0 Å². The quantitative estimate of drug-likeness (QED) is 0.462. The lowest BCUT2D eigenvalue weighted by molar-refractivity contribution is -0.118. The molecule has 0 saturated heterocycles. The topological polar surface area (TPSA) is 90.1 Å². The van der Waals surface area contributed by atoms with Gasteiger partial charge in [-0.15, -0.1) is 0 Å². The average Bonchev–Trinajstić information content (AvgIpc) is 2.76. The Bertz CT molecular complexity index is 998.